The van der Waals surface area contributed by atoms with Gasteiger partial charge in [-0.1, -0.05) is 30.3 Å². The minimum Gasteiger partial charge on any atom is -0.376 e. The fourth-order valence-electron chi connectivity index (χ4n) is 1.89. The number of hydrogen-bond acceptors (Lipinski definition) is 2. The van der Waals surface area contributed by atoms with Gasteiger partial charge in [-0.3, -0.25) is 4.79 Å². The first-order valence-electron chi connectivity index (χ1n) is 5.75. The van der Waals surface area contributed by atoms with E-state index in [0.717, 1.165) is 24.9 Å². The van der Waals surface area contributed by atoms with Crippen LogP contribution in [0.2, 0.25) is 0 Å². The second kappa shape index (κ2) is 5.66. The van der Waals surface area contributed by atoms with Crippen molar-refractivity contribution in [2.45, 2.75) is 19.4 Å². The molecule has 1 atom stereocenters. The second-order valence-electron chi connectivity index (χ2n) is 4.13. The number of rotatable bonds is 4. The first-order chi connectivity index (χ1) is 7.86. The SMILES string of the molecule is O=C1NCCC[C@@H]1COCc1ccccc1. The molecule has 86 valence electrons. The van der Waals surface area contributed by atoms with Gasteiger partial charge in [0.1, 0.15) is 0 Å². The monoisotopic (exact) mass is 219 g/mol. The molecule has 1 saturated heterocycles. The molecule has 1 aliphatic heterocycles. The van der Waals surface area contributed by atoms with Crippen molar-refractivity contribution >= 4 is 5.91 Å². The van der Waals surface area contributed by atoms with Gasteiger partial charge in [-0.15, -0.1) is 0 Å². The van der Waals surface area contributed by atoms with Gasteiger partial charge in [0, 0.05) is 6.54 Å². The molecule has 1 amide bonds. The van der Waals surface area contributed by atoms with Crippen LogP contribution in [-0.2, 0) is 16.1 Å². The van der Waals surface area contributed by atoms with Crippen molar-refractivity contribution in [3.05, 3.63) is 35.9 Å². The predicted octanol–water partition coefficient (Wildman–Crippen LogP) is 1.73. The molecule has 0 saturated carbocycles. The van der Waals surface area contributed by atoms with E-state index in [4.69, 9.17) is 4.74 Å². The van der Waals surface area contributed by atoms with Crippen molar-refractivity contribution in [3.63, 3.8) is 0 Å². The topological polar surface area (TPSA) is 38.3 Å². The fraction of sp³-hybridized carbons (Fsp3) is 0.462. The van der Waals surface area contributed by atoms with Gasteiger partial charge in [-0.05, 0) is 18.4 Å². The van der Waals surface area contributed by atoms with Crippen molar-refractivity contribution in [1.29, 1.82) is 0 Å². The van der Waals surface area contributed by atoms with Crippen molar-refractivity contribution in [2.24, 2.45) is 5.92 Å². The normalized spacial score (nSPS) is 20.5. The molecule has 0 spiro atoms. The average molecular weight is 219 g/mol. The molecular weight excluding hydrogens is 202 g/mol. The third-order valence-electron chi connectivity index (χ3n) is 2.83. The molecule has 1 N–H and O–H groups in total. The molecule has 0 bridgehead atoms. The van der Waals surface area contributed by atoms with Crippen LogP contribution in [0.5, 0.6) is 0 Å². The van der Waals surface area contributed by atoms with Crippen molar-refractivity contribution in [3.8, 4) is 0 Å². The van der Waals surface area contributed by atoms with E-state index in [1.165, 1.54) is 0 Å². The van der Waals surface area contributed by atoms with Gasteiger partial charge < -0.3 is 10.1 Å². The highest BCUT2D eigenvalue weighted by Crippen LogP contribution is 2.12. The van der Waals surface area contributed by atoms with Crippen LogP contribution in [0, 0.1) is 5.92 Å². The molecule has 1 aromatic rings. The minimum absolute atomic E-state index is 0.0393. The zero-order valence-corrected chi connectivity index (χ0v) is 9.32. The highest BCUT2D eigenvalue weighted by Gasteiger charge is 2.21. The Morgan fingerprint density at radius 3 is 2.88 bits per heavy atom. The number of amides is 1. The van der Waals surface area contributed by atoms with Crippen LogP contribution in [0.15, 0.2) is 30.3 Å². The lowest BCUT2D eigenvalue weighted by Gasteiger charge is -2.21. The Hall–Kier alpha value is -1.35. The van der Waals surface area contributed by atoms with Gasteiger partial charge in [0.2, 0.25) is 5.91 Å². The molecule has 1 aromatic carbocycles. The number of piperidine rings is 1. The molecule has 0 radical (unpaired) electrons. The summed E-state index contributed by atoms with van der Waals surface area (Å²) in [7, 11) is 0. The van der Waals surface area contributed by atoms with Crippen LogP contribution in [0.3, 0.4) is 0 Å². The molecule has 1 fully saturated rings. The number of benzene rings is 1. The molecular formula is C13H17NO2. The summed E-state index contributed by atoms with van der Waals surface area (Å²) in [6.07, 6.45) is 2.01. The number of carbonyl (C=O) groups excluding carboxylic acids is 1. The quantitative estimate of drug-likeness (QED) is 0.837. The van der Waals surface area contributed by atoms with Crippen LogP contribution in [0.4, 0.5) is 0 Å². The molecule has 0 aromatic heterocycles. The lowest BCUT2D eigenvalue weighted by molar-refractivity contribution is -0.129. The van der Waals surface area contributed by atoms with Gasteiger partial charge in [-0.2, -0.15) is 0 Å². The number of carbonyl (C=O) groups is 1. The summed E-state index contributed by atoms with van der Waals surface area (Å²) in [6, 6.07) is 10.0. The maximum atomic E-state index is 11.4. The van der Waals surface area contributed by atoms with Crippen molar-refractivity contribution < 1.29 is 9.53 Å². The van der Waals surface area contributed by atoms with E-state index in [9.17, 15) is 4.79 Å². The maximum Gasteiger partial charge on any atom is 0.225 e. The van der Waals surface area contributed by atoms with E-state index in [-0.39, 0.29) is 11.8 Å². The fourth-order valence-corrected chi connectivity index (χ4v) is 1.89. The van der Waals surface area contributed by atoms with Gasteiger partial charge in [0.25, 0.3) is 0 Å². The van der Waals surface area contributed by atoms with E-state index in [1.807, 2.05) is 30.3 Å². The van der Waals surface area contributed by atoms with Crippen molar-refractivity contribution in [2.75, 3.05) is 13.2 Å². The van der Waals surface area contributed by atoms with E-state index >= 15 is 0 Å². The molecule has 1 aliphatic rings. The van der Waals surface area contributed by atoms with Crippen LogP contribution < -0.4 is 5.32 Å². The maximum absolute atomic E-state index is 11.4. The summed E-state index contributed by atoms with van der Waals surface area (Å²) in [6.45, 7) is 1.93. The Bertz CT molecular complexity index is 337. The zero-order chi connectivity index (χ0) is 11.2. The van der Waals surface area contributed by atoms with E-state index in [1.54, 1.807) is 0 Å². The lowest BCUT2D eigenvalue weighted by atomic mass is 10.00. The molecule has 0 aliphatic carbocycles. The average Bonchev–Trinajstić information content (AvgIpc) is 2.33. The summed E-state index contributed by atoms with van der Waals surface area (Å²) in [4.78, 5) is 11.4. The summed E-state index contributed by atoms with van der Waals surface area (Å²) in [5.74, 6) is 0.178. The van der Waals surface area contributed by atoms with E-state index in [2.05, 4.69) is 5.32 Å². The Labute approximate surface area is 95.8 Å². The van der Waals surface area contributed by atoms with Gasteiger partial charge in [-0.25, -0.2) is 0 Å². The zero-order valence-electron chi connectivity index (χ0n) is 9.32. The molecule has 16 heavy (non-hydrogen) atoms. The number of ether oxygens (including phenoxy) is 1. The predicted molar refractivity (Wildman–Crippen MR) is 61.8 cm³/mol. The molecule has 0 unspecified atom stereocenters. The Balaban J connectivity index is 1.73. The third kappa shape index (κ3) is 3.07. The minimum atomic E-state index is 0.0393. The molecule has 2 rings (SSSR count). The lowest BCUT2D eigenvalue weighted by Crippen LogP contribution is -2.38. The molecule has 1 heterocycles. The largest absolute Gasteiger partial charge is 0.376 e. The molecule has 3 nitrogen and oxygen atoms in total. The van der Waals surface area contributed by atoms with Crippen LogP contribution in [0.1, 0.15) is 18.4 Å². The highest BCUT2D eigenvalue weighted by atomic mass is 16.5. The van der Waals surface area contributed by atoms with E-state index < -0.39 is 0 Å². The van der Waals surface area contributed by atoms with Crippen LogP contribution in [-0.4, -0.2) is 19.1 Å². The van der Waals surface area contributed by atoms with Crippen LogP contribution in [0.25, 0.3) is 0 Å². The second-order valence-corrected chi connectivity index (χ2v) is 4.13. The highest BCUT2D eigenvalue weighted by molar-refractivity contribution is 5.79. The smallest absolute Gasteiger partial charge is 0.225 e. The van der Waals surface area contributed by atoms with Gasteiger partial charge in [0.05, 0.1) is 19.1 Å². The van der Waals surface area contributed by atoms with Gasteiger partial charge in [0.15, 0.2) is 0 Å². The van der Waals surface area contributed by atoms with Crippen molar-refractivity contribution in [1.82, 2.24) is 5.32 Å². The Morgan fingerprint density at radius 2 is 2.12 bits per heavy atom. The number of nitrogens with one attached hydrogen (secondary N) is 1. The van der Waals surface area contributed by atoms with Crippen LogP contribution >= 0.6 is 0 Å². The summed E-state index contributed by atoms with van der Waals surface area (Å²) in [5.41, 5.74) is 1.15. The first kappa shape index (κ1) is 11.1. The number of hydrogen-bond donors (Lipinski definition) is 1. The Kier molecular flexibility index (Phi) is 3.94. The Morgan fingerprint density at radius 1 is 1.31 bits per heavy atom. The standard InChI is InChI=1S/C13H17NO2/c15-13-12(7-4-8-14-13)10-16-9-11-5-2-1-3-6-11/h1-3,5-6,12H,4,7-10H2,(H,14,15)/t12-/m1/s1. The molecule has 3 heteroatoms. The first-order valence-corrected chi connectivity index (χ1v) is 5.75. The summed E-state index contributed by atoms with van der Waals surface area (Å²) < 4.78 is 5.57. The summed E-state index contributed by atoms with van der Waals surface area (Å²) >= 11 is 0. The summed E-state index contributed by atoms with van der Waals surface area (Å²) in [5, 5.41) is 2.86. The van der Waals surface area contributed by atoms with Gasteiger partial charge >= 0.3 is 0 Å². The third-order valence-corrected chi connectivity index (χ3v) is 2.83. The van der Waals surface area contributed by atoms with E-state index in [0.29, 0.717) is 13.2 Å².